The van der Waals surface area contributed by atoms with Crippen LogP contribution in [0.25, 0.3) is 0 Å². The van der Waals surface area contributed by atoms with E-state index in [1.54, 1.807) is 0 Å². The fourth-order valence-electron chi connectivity index (χ4n) is 11.0. The molecule has 27 N–H and O–H groups in total. The number of aliphatic carboxylic acids is 1. The minimum absolute atomic E-state index is 0.747. The van der Waals surface area contributed by atoms with Crippen LogP contribution in [0.4, 0.5) is 0 Å². The van der Waals surface area contributed by atoms with Crippen LogP contribution in [0, 0.1) is 0 Å². The van der Waals surface area contributed by atoms with E-state index in [2.05, 4.69) is 0 Å². The van der Waals surface area contributed by atoms with E-state index in [0.717, 1.165) is 0 Å². The summed E-state index contributed by atoms with van der Waals surface area (Å²) in [6.45, 7) is -7.62. The highest BCUT2D eigenvalue weighted by molar-refractivity contribution is 6.32. The quantitative estimate of drug-likeness (QED) is 0.0377. The zero-order chi connectivity index (χ0) is 65.9. The highest BCUT2D eigenvalue weighted by Gasteiger charge is 2.61. The normalized spacial score (nSPS) is 48.9. The number of Topliss-reactive ketones (excluding diaryl/α,β-unsaturated/α-hetero) is 1. The Labute approximate surface area is 501 Å². The molecule has 0 aromatic rings. The molecule has 7 aliphatic heterocycles. The number of carboxylic acids is 1. The van der Waals surface area contributed by atoms with Crippen LogP contribution in [-0.2, 0) is 71.2 Å². The Morgan fingerprint density at radius 2 is 0.854 bits per heavy atom. The maximum atomic E-state index is 12.6. The minimum Gasteiger partial charge on any atom is -0.475 e. The zero-order valence-electron chi connectivity index (χ0n) is 46.5. The molecule has 7 heterocycles. The molecule has 0 spiro atoms. The van der Waals surface area contributed by atoms with Gasteiger partial charge in [0.1, 0.15) is 183 Å². The van der Waals surface area contributed by atoms with Crippen molar-refractivity contribution < 1.29 is 199 Å². The first-order chi connectivity index (χ1) is 42.0. The van der Waals surface area contributed by atoms with Crippen molar-refractivity contribution in [2.75, 3.05) is 46.2 Å². The lowest BCUT2D eigenvalue weighted by Gasteiger charge is -2.52. The largest absolute Gasteiger partial charge is 0.475 e. The van der Waals surface area contributed by atoms with E-state index in [9.17, 15) is 137 Å². The average Bonchev–Trinajstić information content (AvgIpc) is 0.817. The predicted molar refractivity (Wildman–Crippen MR) is 267 cm³/mol. The van der Waals surface area contributed by atoms with Gasteiger partial charge in [-0.15, -0.1) is 0 Å². The van der Waals surface area contributed by atoms with E-state index in [4.69, 9.17) is 67.3 Å². The molecule has 518 valence electrons. The fraction of sp³-hybridized carbons (Fsp3) is 0.958. The second-order valence-corrected chi connectivity index (χ2v) is 22.3. The maximum Gasteiger partial charge on any atom is 0.372 e. The van der Waals surface area contributed by atoms with Crippen LogP contribution in [0.3, 0.4) is 0 Å². The Bertz CT molecular complexity index is 2200. The molecule has 41 heteroatoms. The number of carboxylic acid groups (broad SMARTS) is 1. The minimum atomic E-state index is -2.76. The molecule has 0 radical (unpaired) electrons. The van der Waals surface area contributed by atoms with Crippen molar-refractivity contribution in [1.82, 2.24) is 0 Å². The van der Waals surface area contributed by atoms with Crippen LogP contribution in [0.2, 0.25) is 0 Å². The monoisotopic (exact) mass is 1310 g/mol. The molecule has 38 atom stereocenters. The molecule has 0 saturated carbocycles. The van der Waals surface area contributed by atoms with E-state index < -0.39 is 297 Å². The highest BCUT2D eigenvalue weighted by atomic mass is 16.8. The van der Waals surface area contributed by atoms with Gasteiger partial charge in [-0.25, -0.2) is 4.79 Å². The van der Waals surface area contributed by atoms with Gasteiger partial charge in [0.25, 0.3) is 0 Å². The Morgan fingerprint density at radius 3 is 1.40 bits per heavy atom. The molecule has 0 bridgehead atoms. The Morgan fingerprint density at radius 1 is 0.416 bits per heavy atom. The van der Waals surface area contributed by atoms with Crippen molar-refractivity contribution in [3.8, 4) is 0 Å². The smallest absolute Gasteiger partial charge is 0.372 e. The van der Waals surface area contributed by atoms with E-state index >= 15 is 0 Å². The van der Waals surface area contributed by atoms with Crippen LogP contribution in [0.15, 0.2) is 0 Å². The van der Waals surface area contributed by atoms with Crippen molar-refractivity contribution in [2.45, 2.75) is 239 Å². The highest BCUT2D eigenvalue weighted by Crippen LogP contribution is 2.40. The number of aliphatic hydroxyl groups is 24. The first-order valence-corrected chi connectivity index (χ1v) is 27.9. The molecule has 0 aliphatic carbocycles. The van der Waals surface area contributed by atoms with Gasteiger partial charge in [0.15, 0.2) is 37.7 Å². The molecule has 0 aromatic heterocycles. The lowest BCUT2D eigenvalue weighted by Crippen LogP contribution is -2.71. The molecule has 0 amide bonds. The summed E-state index contributed by atoms with van der Waals surface area (Å²) in [5, 5.41) is 271. The molecular weight excluding hydrogens is 1230 g/mol. The van der Waals surface area contributed by atoms with Crippen molar-refractivity contribution in [3.63, 3.8) is 0 Å². The number of ketones is 1. The number of carbonyl (C=O) groups excluding carboxylic acids is 1. The summed E-state index contributed by atoms with van der Waals surface area (Å²) >= 11 is 0. The summed E-state index contributed by atoms with van der Waals surface area (Å²) in [6.07, 6.45) is -83.8. The van der Waals surface area contributed by atoms with E-state index in [0.29, 0.717) is 0 Å². The van der Waals surface area contributed by atoms with Crippen LogP contribution in [-0.4, -0.2) is 419 Å². The van der Waals surface area contributed by atoms with Gasteiger partial charge in [-0.1, -0.05) is 0 Å². The summed E-state index contributed by atoms with van der Waals surface area (Å²) in [7, 11) is 0. The standard InChI is InChI=1S/C48H81NO40/c49-18-22(63)20(61)15(4-52)79-43(18)78-8-13(59)36-27(68)25(66)32(73)46(83-36)87-39-33(74)47(88-40-29(70)28(69)35(11(57)3-51)84-48(40)85-37-14(1-9(55)42(75)76)77-7-12(58)19(37)60)86-38(41(39)89-44-30(71)23(64)21(62)16(5-53)80-44)17(6-54)81-45-31(72)24(65)26(67)34(82-45)10(56)2-50/h10-41,43-48,50-54,56-74H,1-8,49H2,(H,75,76)/t10-,11-,12+,13-,14+,15+,16+,17-,18+,19+,20+,21+,22+,23-,24-,25-,26-,27-,28-,29-,30+,31-,32-,33-,34+,35+,36+,37+,38+,39+,40-,41+,43-,44-,45-,46+,47+,48+/m0/s1. The van der Waals surface area contributed by atoms with Crippen molar-refractivity contribution in [3.05, 3.63) is 0 Å². The lowest BCUT2D eigenvalue weighted by molar-refractivity contribution is -0.417. The van der Waals surface area contributed by atoms with Gasteiger partial charge in [0.05, 0.1) is 58.4 Å². The lowest BCUT2D eigenvalue weighted by atomic mass is 9.92. The third-order valence-electron chi connectivity index (χ3n) is 16.3. The summed E-state index contributed by atoms with van der Waals surface area (Å²) in [4.78, 5) is 24.1. The number of ether oxygens (including phenoxy) is 13. The SMILES string of the molecule is N[C@H]1[C@@H](OC[C@H](O)[C@H]2O[C@H](O[C@@H]3[C@H](O)[C@@H](O[C@@H]4[C@@H](O[C@H]5[C@H](O)[C@H](O)CO[C@@H]5CC(=O)C(=O)O)O[C@H]([C@@H](O)CO)[C@@H](O)[C@@H]4O)O[C@H]([C@H](CO)O[C@H]4O[C@H]([C@@H](O)CO)[C@@H](O)[C@H](O)[C@@H]4O)[C@H]3O[C@@H]3O[C@H](CO)[C@@H](O)[C@H](O)[C@H]3O)[C@@H](O)[C@@H](O)[C@@H]2O)O[C@H](CO)[C@@H](O)[C@@H]1O. The Kier molecular flexibility index (Phi) is 26.5. The maximum absolute atomic E-state index is 12.6. The van der Waals surface area contributed by atoms with E-state index in [-0.39, 0.29) is 0 Å². The van der Waals surface area contributed by atoms with Gasteiger partial charge in [-0.3, -0.25) is 4.79 Å². The number of hydrogen-bond acceptors (Lipinski definition) is 40. The topological polar surface area (TPSA) is 686 Å². The third-order valence-corrected chi connectivity index (χ3v) is 16.3. The van der Waals surface area contributed by atoms with E-state index in [1.807, 2.05) is 0 Å². The molecular formula is C48H81NO40. The number of carbonyl (C=O) groups is 2. The van der Waals surface area contributed by atoms with Crippen molar-refractivity contribution in [2.24, 2.45) is 5.73 Å². The van der Waals surface area contributed by atoms with Gasteiger partial charge >= 0.3 is 5.97 Å². The summed E-state index contributed by atoms with van der Waals surface area (Å²) in [5.41, 5.74) is 5.94. The van der Waals surface area contributed by atoms with Gasteiger partial charge in [-0.2, -0.15) is 0 Å². The van der Waals surface area contributed by atoms with Crippen LogP contribution in [0.1, 0.15) is 6.42 Å². The van der Waals surface area contributed by atoms with Crippen molar-refractivity contribution in [1.29, 1.82) is 0 Å². The van der Waals surface area contributed by atoms with Crippen LogP contribution < -0.4 is 5.73 Å². The molecule has 0 aromatic carbocycles. The van der Waals surface area contributed by atoms with Crippen LogP contribution >= 0.6 is 0 Å². The number of aliphatic hydroxyl groups excluding tert-OH is 24. The molecule has 7 saturated heterocycles. The van der Waals surface area contributed by atoms with Gasteiger partial charge < -0.3 is 195 Å². The molecule has 89 heavy (non-hydrogen) atoms. The second kappa shape index (κ2) is 31.9. The van der Waals surface area contributed by atoms with Gasteiger partial charge in [0.2, 0.25) is 5.78 Å². The summed E-state index contributed by atoms with van der Waals surface area (Å²) in [5.74, 6) is -3.54. The predicted octanol–water partition coefficient (Wildman–Crippen LogP) is -18.1. The molecule has 7 aliphatic rings. The number of hydrogen-bond donors (Lipinski definition) is 26. The Balaban J connectivity index is 1.32. The molecule has 7 fully saturated rings. The zero-order valence-corrected chi connectivity index (χ0v) is 46.5. The average molecular weight is 1310 g/mol. The van der Waals surface area contributed by atoms with Crippen LogP contribution in [0.5, 0.6) is 0 Å². The van der Waals surface area contributed by atoms with Gasteiger partial charge in [-0.05, 0) is 0 Å². The van der Waals surface area contributed by atoms with E-state index in [1.165, 1.54) is 0 Å². The first-order valence-electron chi connectivity index (χ1n) is 27.9. The number of rotatable bonds is 25. The molecule has 0 unspecified atom stereocenters. The third kappa shape index (κ3) is 16.0. The number of nitrogens with two attached hydrogens (primary N) is 1. The van der Waals surface area contributed by atoms with Gasteiger partial charge in [0, 0.05) is 6.42 Å². The fourth-order valence-corrected chi connectivity index (χ4v) is 11.0. The summed E-state index contributed by atoms with van der Waals surface area (Å²) < 4.78 is 75.1. The van der Waals surface area contributed by atoms with Crippen molar-refractivity contribution >= 4 is 11.8 Å². The Hall–Kier alpha value is -2.38. The first kappa shape index (κ1) is 74.0. The second-order valence-electron chi connectivity index (χ2n) is 22.3. The molecule has 41 nitrogen and oxygen atoms in total. The molecule has 7 rings (SSSR count). The summed E-state index contributed by atoms with van der Waals surface area (Å²) in [6, 6.07) is -1.56.